The van der Waals surface area contributed by atoms with Crippen LogP contribution in [0.4, 0.5) is 19.1 Å². The summed E-state index contributed by atoms with van der Waals surface area (Å²) in [4.78, 5) is 10.5. The van der Waals surface area contributed by atoms with E-state index in [1.807, 2.05) is 13.8 Å². The summed E-state index contributed by atoms with van der Waals surface area (Å²) in [7, 11) is -3.27. The molecule has 1 aromatic heterocycles. The molecule has 2 aromatic rings. The van der Waals surface area contributed by atoms with Crippen LogP contribution < -0.4 is 15.4 Å². The molecule has 4 atom stereocenters. The molecule has 12 heteroatoms. The highest BCUT2D eigenvalue weighted by Crippen LogP contribution is 2.32. The molecule has 0 radical (unpaired) electrons. The first-order valence-corrected chi connectivity index (χ1v) is 14.6. The Kier molecular flexibility index (Phi) is 8.83. The lowest BCUT2D eigenvalue weighted by Crippen LogP contribution is -2.44. The Morgan fingerprint density at radius 1 is 1.05 bits per heavy atom. The topological polar surface area (TPSA) is 102 Å². The zero-order valence-corrected chi connectivity index (χ0v) is 22.8. The number of nitrogens with two attached hydrogens (primary N) is 1. The molecule has 0 aliphatic carbocycles. The van der Waals surface area contributed by atoms with Crippen molar-refractivity contribution in [3.8, 4) is 5.75 Å². The summed E-state index contributed by atoms with van der Waals surface area (Å²) in [5.41, 5.74) is 6.23. The standard InChI is InChI=1S/C26H36F3N5O3S/c1-4-5-16(2)38(35,36)34-8-6-18(7-9-34)17(3)37-19-12-31-26(32-13-19)33-14-21(25(30)15-33)20-10-23(28)24(29)11-22(20)27/h10-13,16-18,21,25H,4-9,14-15,30H2,1-3H3/t16-,17-,21+,25-/m0/s1. The molecule has 210 valence electrons. The molecule has 0 unspecified atom stereocenters. The molecular formula is C26H36F3N5O3S. The Morgan fingerprint density at radius 3 is 2.32 bits per heavy atom. The third-order valence-corrected chi connectivity index (χ3v) is 10.1. The zero-order valence-electron chi connectivity index (χ0n) is 22.0. The van der Waals surface area contributed by atoms with Crippen molar-refractivity contribution in [2.24, 2.45) is 11.7 Å². The van der Waals surface area contributed by atoms with E-state index in [0.29, 0.717) is 56.7 Å². The molecule has 2 N–H and O–H groups in total. The number of halogens is 3. The van der Waals surface area contributed by atoms with Crippen molar-refractivity contribution in [3.05, 3.63) is 47.5 Å². The summed E-state index contributed by atoms with van der Waals surface area (Å²) in [6.45, 7) is 7.29. The smallest absolute Gasteiger partial charge is 0.225 e. The number of nitrogens with zero attached hydrogens (tertiary/aromatic N) is 4. The van der Waals surface area contributed by atoms with Gasteiger partial charge in [0.05, 0.1) is 23.7 Å². The number of rotatable bonds is 9. The molecule has 38 heavy (non-hydrogen) atoms. The van der Waals surface area contributed by atoms with E-state index in [2.05, 4.69) is 9.97 Å². The molecule has 3 heterocycles. The van der Waals surface area contributed by atoms with Gasteiger partial charge in [0.2, 0.25) is 16.0 Å². The second-order valence-corrected chi connectivity index (χ2v) is 12.7. The number of piperidine rings is 1. The number of hydrogen-bond donors (Lipinski definition) is 1. The number of aromatic nitrogens is 2. The Labute approximate surface area is 222 Å². The Hall–Kier alpha value is -2.44. The van der Waals surface area contributed by atoms with Gasteiger partial charge < -0.3 is 15.4 Å². The van der Waals surface area contributed by atoms with Gasteiger partial charge in [0, 0.05) is 44.2 Å². The van der Waals surface area contributed by atoms with Crippen molar-refractivity contribution in [2.45, 2.75) is 69.8 Å². The van der Waals surface area contributed by atoms with Crippen molar-refractivity contribution < 1.29 is 26.3 Å². The summed E-state index contributed by atoms with van der Waals surface area (Å²) >= 11 is 0. The maximum atomic E-state index is 14.3. The van der Waals surface area contributed by atoms with Gasteiger partial charge in [-0.3, -0.25) is 0 Å². The summed E-state index contributed by atoms with van der Waals surface area (Å²) < 4.78 is 74.6. The van der Waals surface area contributed by atoms with Crippen LogP contribution in [-0.2, 0) is 10.0 Å². The maximum absolute atomic E-state index is 14.3. The van der Waals surface area contributed by atoms with Crippen LogP contribution in [0.3, 0.4) is 0 Å². The van der Waals surface area contributed by atoms with Crippen molar-refractivity contribution in [1.29, 1.82) is 0 Å². The molecule has 2 saturated heterocycles. The number of sulfonamides is 1. The predicted octanol–water partition coefficient (Wildman–Crippen LogP) is 3.82. The minimum absolute atomic E-state index is 0.0337. The van der Waals surface area contributed by atoms with Gasteiger partial charge in [-0.15, -0.1) is 0 Å². The molecule has 8 nitrogen and oxygen atoms in total. The van der Waals surface area contributed by atoms with E-state index >= 15 is 0 Å². The van der Waals surface area contributed by atoms with E-state index in [-0.39, 0.29) is 29.4 Å². The molecule has 4 rings (SSSR count). The van der Waals surface area contributed by atoms with Crippen LogP contribution in [0, 0.1) is 23.4 Å². The predicted molar refractivity (Wildman–Crippen MR) is 139 cm³/mol. The van der Waals surface area contributed by atoms with Gasteiger partial charge in [0.25, 0.3) is 0 Å². The summed E-state index contributed by atoms with van der Waals surface area (Å²) in [6.07, 6.45) is 5.88. The summed E-state index contributed by atoms with van der Waals surface area (Å²) in [5, 5.41) is -0.371. The number of hydrogen-bond acceptors (Lipinski definition) is 7. The third-order valence-electron chi connectivity index (χ3n) is 7.75. The van der Waals surface area contributed by atoms with Gasteiger partial charge in [0.1, 0.15) is 5.82 Å². The lowest BCUT2D eigenvalue weighted by atomic mass is 9.93. The number of ether oxygens (including phenoxy) is 1. The molecular weight excluding hydrogens is 519 g/mol. The summed E-state index contributed by atoms with van der Waals surface area (Å²) in [6, 6.07) is 0.900. The van der Waals surface area contributed by atoms with E-state index < -0.39 is 39.4 Å². The molecule has 2 aliphatic heterocycles. The van der Waals surface area contributed by atoms with Gasteiger partial charge in [-0.2, -0.15) is 0 Å². The minimum atomic E-state index is -3.27. The maximum Gasteiger partial charge on any atom is 0.225 e. The fourth-order valence-electron chi connectivity index (χ4n) is 5.40. The first kappa shape index (κ1) is 28.6. The van der Waals surface area contributed by atoms with E-state index in [9.17, 15) is 21.6 Å². The van der Waals surface area contributed by atoms with Crippen molar-refractivity contribution in [3.63, 3.8) is 0 Å². The van der Waals surface area contributed by atoms with E-state index in [0.717, 1.165) is 12.5 Å². The second-order valence-electron chi connectivity index (χ2n) is 10.4. The van der Waals surface area contributed by atoms with Crippen LogP contribution in [0.15, 0.2) is 24.5 Å². The highest BCUT2D eigenvalue weighted by atomic mass is 32.2. The molecule has 2 fully saturated rings. The van der Waals surface area contributed by atoms with Crippen molar-refractivity contribution in [2.75, 3.05) is 31.1 Å². The average Bonchev–Trinajstić information content (AvgIpc) is 3.28. The van der Waals surface area contributed by atoms with Crippen molar-refractivity contribution >= 4 is 16.0 Å². The van der Waals surface area contributed by atoms with E-state index in [1.165, 1.54) is 0 Å². The largest absolute Gasteiger partial charge is 0.487 e. The van der Waals surface area contributed by atoms with Gasteiger partial charge in [-0.05, 0) is 50.7 Å². The fourth-order valence-corrected chi connectivity index (χ4v) is 7.16. The van der Waals surface area contributed by atoms with Gasteiger partial charge in [-0.25, -0.2) is 35.9 Å². The van der Waals surface area contributed by atoms with Crippen LogP contribution in [0.25, 0.3) is 0 Å². The van der Waals surface area contributed by atoms with Crippen LogP contribution in [0.1, 0.15) is 57.9 Å². The molecule has 0 saturated carbocycles. The third kappa shape index (κ3) is 6.07. The lowest BCUT2D eigenvalue weighted by molar-refractivity contribution is 0.110. The van der Waals surface area contributed by atoms with Gasteiger partial charge in [0.15, 0.2) is 17.4 Å². The van der Waals surface area contributed by atoms with Crippen LogP contribution in [-0.4, -0.2) is 66.3 Å². The highest BCUT2D eigenvalue weighted by Gasteiger charge is 2.36. The quantitative estimate of drug-likeness (QED) is 0.470. The Bertz CT molecular complexity index is 1210. The first-order valence-electron chi connectivity index (χ1n) is 13.1. The molecule has 0 amide bonds. The molecule has 1 aromatic carbocycles. The Balaban J connectivity index is 1.32. The normalized spacial score (nSPS) is 23.0. The van der Waals surface area contributed by atoms with Crippen LogP contribution in [0.5, 0.6) is 5.75 Å². The van der Waals surface area contributed by atoms with Crippen molar-refractivity contribution in [1.82, 2.24) is 14.3 Å². The van der Waals surface area contributed by atoms with Gasteiger partial charge in [-0.1, -0.05) is 13.3 Å². The number of anilines is 1. The van der Waals surface area contributed by atoms with E-state index in [1.54, 1.807) is 28.5 Å². The average molecular weight is 556 g/mol. The molecule has 2 aliphatic rings. The SMILES string of the molecule is CCC[C@H](C)S(=O)(=O)N1CCC([C@H](C)Oc2cnc(N3C[C@H](c4cc(F)c(F)cc4F)[C@@H](N)C3)nc2)CC1. The lowest BCUT2D eigenvalue weighted by Gasteiger charge is -2.35. The summed E-state index contributed by atoms with van der Waals surface area (Å²) in [5.74, 6) is -2.65. The Morgan fingerprint density at radius 2 is 1.68 bits per heavy atom. The van der Waals surface area contributed by atoms with Crippen LogP contribution in [0.2, 0.25) is 0 Å². The zero-order chi connectivity index (χ0) is 27.6. The fraction of sp³-hybridized carbons (Fsp3) is 0.615. The van der Waals surface area contributed by atoms with Gasteiger partial charge >= 0.3 is 0 Å². The van der Waals surface area contributed by atoms with Crippen LogP contribution >= 0.6 is 0 Å². The minimum Gasteiger partial charge on any atom is -0.487 e. The second kappa shape index (κ2) is 11.7. The highest BCUT2D eigenvalue weighted by molar-refractivity contribution is 7.89. The first-order chi connectivity index (χ1) is 18.0. The number of benzene rings is 1. The molecule has 0 bridgehead atoms. The van der Waals surface area contributed by atoms with E-state index in [4.69, 9.17) is 10.5 Å². The molecule has 0 spiro atoms. The monoisotopic (exact) mass is 555 g/mol.